The van der Waals surface area contributed by atoms with Crippen molar-refractivity contribution in [3.63, 3.8) is 0 Å². The number of carbonyl (C=O) groups is 2. The van der Waals surface area contributed by atoms with Crippen LogP contribution in [0.25, 0.3) is 0 Å². The fourth-order valence-electron chi connectivity index (χ4n) is 0.738. The molecular formula is C8H16N2O3. The van der Waals surface area contributed by atoms with Gasteiger partial charge in [-0.3, -0.25) is 4.79 Å². The number of carboxylic acid groups (broad SMARTS) is 1. The van der Waals surface area contributed by atoms with Crippen LogP contribution in [-0.2, 0) is 9.59 Å². The van der Waals surface area contributed by atoms with Crippen LogP contribution in [0.5, 0.6) is 0 Å². The lowest BCUT2D eigenvalue weighted by molar-refractivity contribution is -0.147. The molecule has 0 aromatic heterocycles. The van der Waals surface area contributed by atoms with E-state index in [1.165, 1.54) is 18.9 Å². The van der Waals surface area contributed by atoms with Gasteiger partial charge in [0.15, 0.2) is 0 Å². The fourth-order valence-corrected chi connectivity index (χ4v) is 0.738. The quantitative estimate of drug-likeness (QED) is 0.612. The first-order valence-corrected chi connectivity index (χ1v) is 4.19. The Morgan fingerprint density at radius 1 is 1.54 bits per heavy atom. The average Bonchev–Trinajstić information content (AvgIpc) is 2.11. The standard InChI is InChI=1S/C8H16N2O3/c1-4-9-5-7(11)10(3)6(2)8(12)13/h6,9H,4-5H2,1-3H3,(H,12,13). The van der Waals surface area contributed by atoms with Crippen LogP contribution in [-0.4, -0.2) is 48.1 Å². The van der Waals surface area contributed by atoms with E-state index in [0.29, 0.717) is 6.54 Å². The Bertz CT molecular complexity index is 194. The second-order valence-corrected chi connectivity index (χ2v) is 2.80. The summed E-state index contributed by atoms with van der Waals surface area (Å²) in [6, 6.07) is -0.772. The predicted molar refractivity (Wildman–Crippen MR) is 48.4 cm³/mol. The monoisotopic (exact) mass is 188 g/mol. The highest BCUT2D eigenvalue weighted by Gasteiger charge is 2.20. The number of carbonyl (C=O) groups excluding carboxylic acids is 1. The van der Waals surface area contributed by atoms with Gasteiger partial charge in [-0.25, -0.2) is 4.79 Å². The van der Waals surface area contributed by atoms with E-state index in [1.807, 2.05) is 6.92 Å². The second kappa shape index (κ2) is 5.53. The highest BCUT2D eigenvalue weighted by atomic mass is 16.4. The molecule has 1 atom stereocenters. The summed E-state index contributed by atoms with van der Waals surface area (Å²) in [4.78, 5) is 23.0. The van der Waals surface area contributed by atoms with Crippen LogP contribution < -0.4 is 5.32 Å². The summed E-state index contributed by atoms with van der Waals surface area (Å²) in [5.41, 5.74) is 0. The van der Waals surface area contributed by atoms with Crippen molar-refractivity contribution in [3.8, 4) is 0 Å². The summed E-state index contributed by atoms with van der Waals surface area (Å²) in [6.07, 6.45) is 0. The van der Waals surface area contributed by atoms with Crippen molar-refractivity contribution in [2.75, 3.05) is 20.1 Å². The highest BCUT2D eigenvalue weighted by Crippen LogP contribution is 1.95. The molecule has 5 nitrogen and oxygen atoms in total. The molecule has 76 valence electrons. The van der Waals surface area contributed by atoms with E-state index < -0.39 is 12.0 Å². The molecule has 0 aliphatic heterocycles. The Kier molecular flexibility index (Phi) is 5.06. The first-order valence-electron chi connectivity index (χ1n) is 4.19. The van der Waals surface area contributed by atoms with Gasteiger partial charge in [-0.2, -0.15) is 0 Å². The van der Waals surface area contributed by atoms with E-state index in [-0.39, 0.29) is 12.5 Å². The minimum Gasteiger partial charge on any atom is -0.480 e. The molecule has 5 heteroatoms. The Labute approximate surface area is 77.7 Å². The molecule has 13 heavy (non-hydrogen) atoms. The van der Waals surface area contributed by atoms with Crippen LogP contribution in [0.1, 0.15) is 13.8 Å². The molecule has 1 unspecified atom stereocenters. The van der Waals surface area contributed by atoms with Gasteiger partial charge in [0.05, 0.1) is 6.54 Å². The molecular weight excluding hydrogens is 172 g/mol. The third kappa shape index (κ3) is 3.89. The van der Waals surface area contributed by atoms with Gasteiger partial charge in [0.1, 0.15) is 6.04 Å². The Hall–Kier alpha value is -1.10. The van der Waals surface area contributed by atoms with Crippen molar-refractivity contribution in [1.82, 2.24) is 10.2 Å². The molecule has 2 N–H and O–H groups in total. The SMILES string of the molecule is CCNCC(=O)N(C)C(C)C(=O)O. The Morgan fingerprint density at radius 2 is 2.08 bits per heavy atom. The molecule has 0 bridgehead atoms. The van der Waals surface area contributed by atoms with Gasteiger partial charge in [-0.05, 0) is 13.5 Å². The summed E-state index contributed by atoms with van der Waals surface area (Å²) in [5.74, 6) is -1.20. The maximum atomic E-state index is 11.2. The first-order chi connectivity index (χ1) is 6.00. The number of hydrogen-bond acceptors (Lipinski definition) is 3. The van der Waals surface area contributed by atoms with Crippen molar-refractivity contribution in [1.29, 1.82) is 0 Å². The number of nitrogens with one attached hydrogen (secondary N) is 1. The maximum Gasteiger partial charge on any atom is 0.326 e. The largest absolute Gasteiger partial charge is 0.480 e. The number of amides is 1. The molecule has 0 fully saturated rings. The van der Waals surface area contributed by atoms with E-state index in [9.17, 15) is 9.59 Å². The van der Waals surface area contributed by atoms with E-state index >= 15 is 0 Å². The van der Waals surface area contributed by atoms with E-state index in [2.05, 4.69) is 5.32 Å². The summed E-state index contributed by atoms with van der Waals surface area (Å²) in [7, 11) is 1.48. The molecule has 0 saturated carbocycles. The molecule has 0 heterocycles. The van der Waals surface area contributed by atoms with Gasteiger partial charge in [0.25, 0.3) is 0 Å². The van der Waals surface area contributed by atoms with E-state index in [0.717, 1.165) is 0 Å². The van der Waals surface area contributed by atoms with Crippen molar-refractivity contribution in [2.24, 2.45) is 0 Å². The maximum absolute atomic E-state index is 11.2. The molecule has 0 rings (SSSR count). The summed E-state index contributed by atoms with van der Waals surface area (Å²) < 4.78 is 0. The van der Waals surface area contributed by atoms with Crippen LogP contribution in [0, 0.1) is 0 Å². The van der Waals surface area contributed by atoms with Crippen LogP contribution in [0.4, 0.5) is 0 Å². The van der Waals surface area contributed by atoms with Gasteiger partial charge < -0.3 is 15.3 Å². The molecule has 0 saturated heterocycles. The molecule has 1 amide bonds. The fraction of sp³-hybridized carbons (Fsp3) is 0.750. The predicted octanol–water partition coefficient (Wildman–Crippen LogP) is -0.473. The topological polar surface area (TPSA) is 69.6 Å². The number of likely N-dealkylation sites (N-methyl/N-ethyl adjacent to an activating group) is 2. The van der Waals surface area contributed by atoms with Crippen molar-refractivity contribution >= 4 is 11.9 Å². The van der Waals surface area contributed by atoms with Gasteiger partial charge in [0, 0.05) is 7.05 Å². The van der Waals surface area contributed by atoms with Crippen molar-refractivity contribution in [3.05, 3.63) is 0 Å². The third-order valence-corrected chi connectivity index (χ3v) is 1.86. The number of aliphatic carboxylic acids is 1. The van der Waals surface area contributed by atoms with Gasteiger partial charge in [-0.15, -0.1) is 0 Å². The Morgan fingerprint density at radius 3 is 2.46 bits per heavy atom. The van der Waals surface area contributed by atoms with Gasteiger partial charge in [-0.1, -0.05) is 6.92 Å². The van der Waals surface area contributed by atoms with Gasteiger partial charge in [0.2, 0.25) is 5.91 Å². The Balaban J connectivity index is 4.01. The van der Waals surface area contributed by atoms with Crippen LogP contribution in [0.2, 0.25) is 0 Å². The zero-order chi connectivity index (χ0) is 10.4. The lowest BCUT2D eigenvalue weighted by Crippen LogP contribution is -2.44. The van der Waals surface area contributed by atoms with Crippen LogP contribution in [0.15, 0.2) is 0 Å². The van der Waals surface area contributed by atoms with Crippen LogP contribution >= 0.6 is 0 Å². The van der Waals surface area contributed by atoms with Crippen LogP contribution in [0.3, 0.4) is 0 Å². The van der Waals surface area contributed by atoms with Crippen molar-refractivity contribution in [2.45, 2.75) is 19.9 Å². The smallest absolute Gasteiger partial charge is 0.326 e. The molecule has 0 aliphatic carbocycles. The average molecular weight is 188 g/mol. The summed E-state index contributed by atoms with van der Waals surface area (Å²) in [5, 5.41) is 11.5. The lowest BCUT2D eigenvalue weighted by Gasteiger charge is -2.21. The zero-order valence-corrected chi connectivity index (χ0v) is 8.20. The number of nitrogens with zero attached hydrogens (tertiary/aromatic N) is 1. The zero-order valence-electron chi connectivity index (χ0n) is 8.20. The summed E-state index contributed by atoms with van der Waals surface area (Å²) >= 11 is 0. The second-order valence-electron chi connectivity index (χ2n) is 2.80. The summed E-state index contributed by atoms with van der Waals surface area (Å²) in [6.45, 7) is 4.24. The van der Waals surface area contributed by atoms with Gasteiger partial charge >= 0.3 is 5.97 Å². The third-order valence-electron chi connectivity index (χ3n) is 1.86. The molecule has 0 aromatic rings. The molecule has 0 radical (unpaired) electrons. The van der Waals surface area contributed by atoms with Crippen molar-refractivity contribution < 1.29 is 14.7 Å². The molecule has 0 aromatic carbocycles. The molecule has 0 aliphatic rings. The minimum absolute atomic E-state index is 0.185. The first kappa shape index (κ1) is 11.9. The lowest BCUT2D eigenvalue weighted by atomic mass is 10.3. The molecule has 0 spiro atoms. The normalized spacial score (nSPS) is 12.2. The number of carboxylic acids is 1. The van der Waals surface area contributed by atoms with E-state index in [4.69, 9.17) is 5.11 Å². The highest BCUT2D eigenvalue weighted by molar-refractivity contribution is 5.84. The minimum atomic E-state index is -0.993. The van der Waals surface area contributed by atoms with E-state index in [1.54, 1.807) is 0 Å². The number of rotatable bonds is 5. The number of hydrogen-bond donors (Lipinski definition) is 2.